The Kier molecular flexibility index (Phi) is 7.65. The summed E-state index contributed by atoms with van der Waals surface area (Å²) in [6, 6.07) is 0. The molecule has 0 saturated heterocycles. The molecule has 1 atom stereocenters. The Morgan fingerprint density at radius 2 is 2.12 bits per heavy atom. The zero-order valence-electron chi connectivity index (χ0n) is 11.4. The van der Waals surface area contributed by atoms with E-state index in [2.05, 4.69) is 25.1 Å². The predicted molar refractivity (Wildman–Crippen MR) is 72.4 cm³/mol. The summed E-state index contributed by atoms with van der Waals surface area (Å²) >= 11 is 0. The second-order valence-electron chi connectivity index (χ2n) is 5.32. The van der Waals surface area contributed by atoms with Crippen LogP contribution < -0.4 is 11.1 Å². The van der Waals surface area contributed by atoms with Crippen molar-refractivity contribution in [3.8, 4) is 12.3 Å². The lowest BCUT2D eigenvalue weighted by molar-refractivity contribution is -0.123. The fourth-order valence-electron chi connectivity index (χ4n) is 2.00. The summed E-state index contributed by atoms with van der Waals surface area (Å²) in [5, 5.41) is 3.04. The number of rotatable bonds is 8. The van der Waals surface area contributed by atoms with Crippen molar-refractivity contribution in [2.24, 2.45) is 11.7 Å². The van der Waals surface area contributed by atoms with Crippen LogP contribution in [0.4, 0.5) is 0 Å². The first kappa shape index (κ1) is 16.0. The molecule has 0 aliphatic heterocycles. The van der Waals surface area contributed by atoms with Crippen molar-refractivity contribution in [2.45, 2.75) is 58.4 Å². The van der Waals surface area contributed by atoms with Gasteiger partial charge in [0.15, 0.2) is 0 Å². The van der Waals surface area contributed by atoms with Gasteiger partial charge in [-0.1, -0.05) is 13.8 Å². The Hall–Kier alpha value is -1.01. The summed E-state index contributed by atoms with van der Waals surface area (Å²) in [4.78, 5) is 11.7. The lowest BCUT2D eigenvalue weighted by atomic mass is 9.90. The standard InChI is InChI=1S/C14H26N2O/c1-5-6-7-8-9-13(17)16-14(4,11-15)10-12(2)3/h1,12H,6-11,15H2,2-4H3,(H,16,17). The van der Waals surface area contributed by atoms with Gasteiger partial charge in [-0.25, -0.2) is 0 Å². The monoisotopic (exact) mass is 238 g/mol. The maximum atomic E-state index is 11.7. The first-order valence-electron chi connectivity index (χ1n) is 6.38. The van der Waals surface area contributed by atoms with E-state index in [0.29, 0.717) is 18.9 Å². The molecule has 0 aliphatic rings. The summed E-state index contributed by atoms with van der Waals surface area (Å²) < 4.78 is 0. The molecular formula is C14H26N2O. The minimum Gasteiger partial charge on any atom is -0.350 e. The number of hydrogen-bond donors (Lipinski definition) is 2. The van der Waals surface area contributed by atoms with Gasteiger partial charge in [0.2, 0.25) is 5.91 Å². The highest BCUT2D eigenvalue weighted by atomic mass is 16.1. The minimum absolute atomic E-state index is 0.0793. The summed E-state index contributed by atoms with van der Waals surface area (Å²) in [6.45, 7) is 6.74. The Bertz CT molecular complexity index is 268. The number of terminal acetylenes is 1. The summed E-state index contributed by atoms with van der Waals surface area (Å²) in [7, 11) is 0. The molecule has 0 saturated carbocycles. The largest absolute Gasteiger partial charge is 0.350 e. The van der Waals surface area contributed by atoms with Crippen molar-refractivity contribution in [3.63, 3.8) is 0 Å². The lowest BCUT2D eigenvalue weighted by Gasteiger charge is -2.31. The molecule has 0 radical (unpaired) electrons. The van der Waals surface area contributed by atoms with Gasteiger partial charge in [0, 0.05) is 24.9 Å². The first-order chi connectivity index (χ1) is 7.93. The maximum absolute atomic E-state index is 11.7. The second-order valence-corrected chi connectivity index (χ2v) is 5.32. The molecule has 0 aliphatic carbocycles. The highest BCUT2D eigenvalue weighted by Gasteiger charge is 2.25. The van der Waals surface area contributed by atoms with Gasteiger partial charge in [0.25, 0.3) is 0 Å². The molecule has 0 aromatic rings. The summed E-state index contributed by atoms with van der Waals surface area (Å²) in [5.41, 5.74) is 5.46. The Morgan fingerprint density at radius 1 is 1.47 bits per heavy atom. The van der Waals surface area contributed by atoms with Crippen molar-refractivity contribution < 1.29 is 4.79 Å². The van der Waals surface area contributed by atoms with Crippen LogP contribution in [0.25, 0.3) is 0 Å². The third-order valence-electron chi connectivity index (χ3n) is 2.73. The Balaban J connectivity index is 4.02. The zero-order valence-corrected chi connectivity index (χ0v) is 11.4. The van der Waals surface area contributed by atoms with E-state index in [0.717, 1.165) is 25.7 Å². The van der Waals surface area contributed by atoms with Crippen LogP contribution in [0, 0.1) is 18.3 Å². The van der Waals surface area contributed by atoms with Crippen LogP contribution in [0.2, 0.25) is 0 Å². The minimum atomic E-state index is -0.280. The molecular weight excluding hydrogens is 212 g/mol. The highest BCUT2D eigenvalue weighted by Crippen LogP contribution is 2.15. The number of amides is 1. The van der Waals surface area contributed by atoms with Crippen LogP contribution in [0.3, 0.4) is 0 Å². The fourth-order valence-corrected chi connectivity index (χ4v) is 2.00. The van der Waals surface area contributed by atoms with E-state index in [1.165, 1.54) is 0 Å². The van der Waals surface area contributed by atoms with Crippen LogP contribution in [0.1, 0.15) is 52.9 Å². The molecule has 0 bridgehead atoms. The quantitative estimate of drug-likeness (QED) is 0.502. The van der Waals surface area contributed by atoms with Crippen LogP contribution in [0.5, 0.6) is 0 Å². The number of hydrogen-bond acceptors (Lipinski definition) is 2. The molecule has 0 fully saturated rings. The van der Waals surface area contributed by atoms with E-state index in [-0.39, 0.29) is 11.4 Å². The fraction of sp³-hybridized carbons (Fsp3) is 0.786. The molecule has 17 heavy (non-hydrogen) atoms. The van der Waals surface area contributed by atoms with Gasteiger partial charge in [0.1, 0.15) is 0 Å². The Labute approximate surface area is 106 Å². The zero-order chi connectivity index (χ0) is 13.3. The summed E-state index contributed by atoms with van der Waals surface area (Å²) in [6.07, 6.45) is 9.10. The number of nitrogens with two attached hydrogens (primary N) is 1. The van der Waals surface area contributed by atoms with Gasteiger partial charge >= 0.3 is 0 Å². The van der Waals surface area contributed by atoms with E-state index < -0.39 is 0 Å². The van der Waals surface area contributed by atoms with E-state index in [9.17, 15) is 4.79 Å². The first-order valence-corrected chi connectivity index (χ1v) is 6.38. The van der Waals surface area contributed by atoms with Crippen molar-refractivity contribution in [2.75, 3.05) is 6.54 Å². The third-order valence-corrected chi connectivity index (χ3v) is 2.73. The van der Waals surface area contributed by atoms with Crippen LogP contribution >= 0.6 is 0 Å². The van der Waals surface area contributed by atoms with E-state index in [4.69, 9.17) is 12.2 Å². The predicted octanol–water partition coefficient (Wildman–Crippen LogP) is 2.06. The molecule has 1 unspecified atom stereocenters. The molecule has 3 nitrogen and oxygen atoms in total. The lowest BCUT2D eigenvalue weighted by Crippen LogP contribution is -2.52. The van der Waals surface area contributed by atoms with Gasteiger partial charge in [-0.05, 0) is 32.1 Å². The molecule has 98 valence electrons. The van der Waals surface area contributed by atoms with Gasteiger partial charge < -0.3 is 11.1 Å². The normalized spacial score (nSPS) is 14.1. The van der Waals surface area contributed by atoms with Gasteiger partial charge in [-0.3, -0.25) is 4.79 Å². The van der Waals surface area contributed by atoms with Gasteiger partial charge in [-0.2, -0.15) is 0 Å². The number of carbonyl (C=O) groups is 1. The van der Waals surface area contributed by atoms with Gasteiger partial charge in [-0.15, -0.1) is 12.3 Å². The van der Waals surface area contributed by atoms with Crippen molar-refractivity contribution >= 4 is 5.91 Å². The van der Waals surface area contributed by atoms with E-state index >= 15 is 0 Å². The SMILES string of the molecule is C#CCCCCC(=O)NC(C)(CN)CC(C)C. The molecule has 0 spiro atoms. The molecule has 1 amide bonds. The van der Waals surface area contributed by atoms with Crippen LogP contribution in [0.15, 0.2) is 0 Å². The summed E-state index contributed by atoms with van der Waals surface area (Å²) in [5.74, 6) is 3.17. The molecule has 3 N–H and O–H groups in total. The highest BCUT2D eigenvalue weighted by molar-refractivity contribution is 5.76. The topological polar surface area (TPSA) is 55.1 Å². The van der Waals surface area contributed by atoms with E-state index in [1.807, 2.05) is 6.92 Å². The average Bonchev–Trinajstić information content (AvgIpc) is 2.23. The molecule has 0 aromatic heterocycles. The number of carbonyl (C=O) groups excluding carboxylic acids is 1. The maximum Gasteiger partial charge on any atom is 0.220 e. The second kappa shape index (κ2) is 8.14. The number of unbranched alkanes of at least 4 members (excludes halogenated alkanes) is 2. The Morgan fingerprint density at radius 3 is 2.59 bits per heavy atom. The van der Waals surface area contributed by atoms with Crippen molar-refractivity contribution in [1.82, 2.24) is 5.32 Å². The third kappa shape index (κ3) is 7.82. The average molecular weight is 238 g/mol. The van der Waals surface area contributed by atoms with Gasteiger partial charge in [0.05, 0.1) is 0 Å². The number of nitrogens with one attached hydrogen (secondary N) is 1. The van der Waals surface area contributed by atoms with E-state index in [1.54, 1.807) is 0 Å². The molecule has 0 aromatic carbocycles. The molecule has 0 heterocycles. The molecule has 3 heteroatoms. The smallest absolute Gasteiger partial charge is 0.220 e. The van der Waals surface area contributed by atoms with Crippen molar-refractivity contribution in [1.29, 1.82) is 0 Å². The van der Waals surface area contributed by atoms with Crippen LogP contribution in [-0.2, 0) is 4.79 Å². The van der Waals surface area contributed by atoms with Crippen LogP contribution in [-0.4, -0.2) is 18.0 Å². The molecule has 0 rings (SSSR count). The van der Waals surface area contributed by atoms with Crippen molar-refractivity contribution in [3.05, 3.63) is 0 Å².